The summed E-state index contributed by atoms with van der Waals surface area (Å²) in [5, 5.41) is 7.67. The van der Waals surface area contributed by atoms with Crippen LogP contribution in [-0.2, 0) is 11.8 Å². The van der Waals surface area contributed by atoms with E-state index in [1.807, 2.05) is 0 Å². The largest absolute Gasteiger partial charge is 0.122 e. The summed E-state index contributed by atoms with van der Waals surface area (Å²) in [6, 6.07) is 17.3. The van der Waals surface area contributed by atoms with Crippen molar-refractivity contribution in [3.8, 4) is 0 Å². The second-order valence-corrected chi connectivity index (χ2v) is 5.67. The highest BCUT2D eigenvalue weighted by Crippen LogP contribution is 2.38. The van der Waals surface area contributed by atoms with Crippen LogP contribution in [0.4, 0.5) is 0 Å². The zero-order chi connectivity index (χ0) is 13.7. The molecule has 0 spiro atoms. The van der Waals surface area contributed by atoms with E-state index in [1.165, 1.54) is 32.3 Å². The fraction of sp³-hybridized carbons (Fsp3) is 0.111. The van der Waals surface area contributed by atoms with Crippen LogP contribution in [0.1, 0.15) is 11.1 Å². The quantitative estimate of drug-likeness (QED) is 0.311. The van der Waals surface area contributed by atoms with E-state index in [4.69, 9.17) is 23.2 Å². The molecule has 0 aromatic heterocycles. The van der Waals surface area contributed by atoms with Crippen molar-refractivity contribution in [1.29, 1.82) is 0 Å². The van der Waals surface area contributed by atoms with Crippen molar-refractivity contribution in [3.05, 3.63) is 59.7 Å². The Morgan fingerprint density at radius 1 is 0.700 bits per heavy atom. The van der Waals surface area contributed by atoms with Crippen molar-refractivity contribution in [1.82, 2.24) is 0 Å². The molecule has 0 aliphatic carbocycles. The van der Waals surface area contributed by atoms with E-state index in [9.17, 15) is 0 Å². The van der Waals surface area contributed by atoms with Crippen LogP contribution in [0.15, 0.2) is 48.5 Å². The first-order valence-corrected chi connectivity index (χ1v) is 7.70. The zero-order valence-corrected chi connectivity index (χ0v) is 12.3. The predicted octanol–water partition coefficient (Wildman–Crippen LogP) is 6.06. The van der Waals surface area contributed by atoms with Crippen LogP contribution in [-0.4, -0.2) is 0 Å². The molecule has 0 nitrogen and oxygen atoms in total. The third-order valence-electron chi connectivity index (χ3n) is 4.13. The van der Waals surface area contributed by atoms with Gasteiger partial charge in [0.1, 0.15) is 0 Å². The molecule has 0 heterocycles. The minimum absolute atomic E-state index is 0.496. The topological polar surface area (TPSA) is 0 Å². The standard InChI is InChI=1S/C18H12Cl2/c19-9-14-8-13-5-4-11-2-1-3-12-6-7-15(16(14)10-20)18(13)17(11)12/h1-8H,9-10H2. The van der Waals surface area contributed by atoms with Crippen molar-refractivity contribution in [2.24, 2.45) is 0 Å². The third kappa shape index (κ3) is 1.55. The Bertz CT molecular complexity index is 909. The molecule has 98 valence electrons. The maximum absolute atomic E-state index is 6.17. The number of alkyl halides is 2. The number of rotatable bonds is 2. The van der Waals surface area contributed by atoms with E-state index in [1.54, 1.807) is 0 Å². The molecule has 4 rings (SSSR count). The molecular formula is C18H12Cl2. The molecule has 20 heavy (non-hydrogen) atoms. The summed E-state index contributed by atoms with van der Waals surface area (Å²) in [7, 11) is 0. The molecule has 4 aromatic rings. The summed E-state index contributed by atoms with van der Waals surface area (Å²) < 4.78 is 0. The lowest BCUT2D eigenvalue weighted by molar-refractivity contribution is 1.31. The summed E-state index contributed by atoms with van der Waals surface area (Å²) in [5.74, 6) is 0.995. The van der Waals surface area contributed by atoms with E-state index in [-0.39, 0.29) is 0 Å². The summed E-state index contributed by atoms with van der Waals surface area (Å²) >= 11 is 12.3. The van der Waals surface area contributed by atoms with Crippen LogP contribution in [0.3, 0.4) is 0 Å². The van der Waals surface area contributed by atoms with Crippen LogP contribution < -0.4 is 0 Å². The van der Waals surface area contributed by atoms with Gasteiger partial charge in [0, 0.05) is 11.8 Å². The van der Waals surface area contributed by atoms with Gasteiger partial charge in [0.05, 0.1) is 0 Å². The van der Waals surface area contributed by atoms with Crippen LogP contribution in [0.5, 0.6) is 0 Å². The Hall–Kier alpha value is -1.50. The molecule has 0 atom stereocenters. The highest BCUT2D eigenvalue weighted by molar-refractivity contribution is 6.26. The van der Waals surface area contributed by atoms with Crippen molar-refractivity contribution < 1.29 is 0 Å². The maximum Gasteiger partial charge on any atom is 0.0483 e. The SMILES string of the molecule is ClCc1cc2ccc3cccc4ccc(c1CCl)c2c34. The lowest BCUT2D eigenvalue weighted by Crippen LogP contribution is -1.93. The van der Waals surface area contributed by atoms with Crippen LogP contribution in [0.25, 0.3) is 32.3 Å². The molecule has 0 saturated heterocycles. The second-order valence-electron chi connectivity index (χ2n) is 5.14. The minimum atomic E-state index is 0.496. The number of benzene rings is 4. The monoisotopic (exact) mass is 298 g/mol. The zero-order valence-electron chi connectivity index (χ0n) is 10.8. The Balaban J connectivity index is 2.34. The van der Waals surface area contributed by atoms with Gasteiger partial charge in [-0.05, 0) is 49.5 Å². The number of hydrogen-bond donors (Lipinski definition) is 0. The average Bonchev–Trinajstić information content (AvgIpc) is 2.51. The highest BCUT2D eigenvalue weighted by Gasteiger charge is 2.13. The number of hydrogen-bond acceptors (Lipinski definition) is 0. The van der Waals surface area contributed by atoms with E-state index in [2.05, 4.69) is 48.5 Å². The van der Waals surface area contributed by atoms with Crippen molar-refractivity contribution in [2.45, 2.75) is 11.8 Å². The van der Waals surface area contributed by atoms with E-state index >= 15 is 0 Å². The Morgan fingerprint density at radius 3 is 2.10 bits per heavy atom. The van der Waals surface area contributed by atoms with Gasteiger partial charge in [-0.1, -0.05) is 42.5 Å². The first-order chi connectivity index (χ1) is 9.83. The molecule has 0 unspecified atom stereocenters. The van der Waals surface area contributed by atoms with Gasteiger partial charge in [-0.25, -0.2) is 0 Å². The fourth-order valence-corrected chi connectivity index (χ4v) is 3.76. The van der Waals surface area contributed by atoms with Crippen molar-refractivity contribution in [3.63, 3.8) is 0 Å². The second kappa shape index (κ2) is 4.51. The van der Waals surface area contributed by atoms with E-state index < -0.39 is 0 Å². The molecule has 0 amide bonds. The summed E-state index contributed by atoms with van der Waals surface area (Å²) in [5.41, 5.74) is 2.29. The molecule has 0 aliphatic rings. The molecule has 0 radical (unpaired) electrons. The van der Waals surface area contributed by atoms with Gasteiger partial charge >= 0.3 is 0 Å². The average molecular weight is 299 g/mol. The van der Waals surface area contributed by atoms with Gasteiger partial charge < -0.3 is 0 Å². The summed E-state index contributed by atoms with van der Waals surface area (Å²) in [4.78, 5) is 0. The third-order valence-corrected chi connectivity index (χ3v) is 4.68. The van der Waals surface area contributed by atoms with Crippen molar-refractivity contribution in [2.75, 3.05) is 0 Å². The fourth-order valence-electron chi connectivity index (χ4n) is 3.21. The van der Waals surface area contributed by atoms with E-state index in [0.717, 1.165) is 11.1 Å². The Labute approximate surface area is 127 Å². The normalized spacial score (nSPS) is 11.9. The first kappa shape index (κ1) is 12.3. The maximum atomic E-state index is 6.17. The molecule has 0 fully saturated rings. The van der Waals surface area contributed by atoms with Gasteiger partial charge in [0.25, 0.3) is 0 Å². The molecule has 0 aliphatic heterocycles. The van der Waals surface area contributed by atoms with Gasteiger partial charge in [-0.3, -0.25) is 0 Å². The first-order valence-electron chi connectivity index (χ1n) is 6.63. The smallest absolute Gasteiger partial charge is 0.0483 e. The molecule has 0 N–H and O–H groups in total. The number of halogens is 2. The summed E-state index contributed by atoms with van der Waals surface area (Å²) in [6.07, 6.45) is 0. The molecular weight excluding hydrogens is 287 g/mol. The van der Waals surface area contributed by atoms with Gasteiger partial charge in [0.15, 0.2) is 0 Å². The summed E-state index contributed by atoms with van der Waals surface area (Å²) in [6.45, 7) is 0. The van der Waals surface area contributed by atoms with Crippen molar-refractivity contribution >= 4 is 55.5 Å². The molecule has 4 aromatic carbocycles. The highest BCUT2D eigenvalue weighted by atomic mass is 35.5. The van der Waals surface area contributed by atoms with Gasteiger partial charge in [-0.15, -0.1) is 23.2 Å². The van der Waals surface area contributed by atoms with Gasteiger partial charge in [-0.2, -0.15) is 0 Å². The Morgan fingerprint density at radius 2 is 1.40 bits per heavy atom. The van der Waals surface area contributed by atoms with Gasteiger partial charge in [0.2, 0.25) is 0 Å². The van der Waals surface area contributed by atoms with E-state index in [0.29, 0.717) is 11.8 Å². The molecule has 0 saturated carbocycles. The van der Waals surface area contributed by atoms with Crippen LogP contribution >= 0.6 is 23.2 Å². The molecule has 0 bridgehead atoms. The molecule has 2 heteroatoms. The predicted molar refractivity (Wildman–Crippen MR) is 89.3 cm³/mol. The van der Waals surface area contributed by atoms with Crippen LogP contribution in [0.2, 0.25) is 0 Å². The lowest BCUT2D eigenvalue weighted by atomic mass is 9.90. The van der Waals surface area contributed by atoms with Crippen LogP contribution in [0, 0.1) is 0 Å². The lowest BCUT2D eigenvalue weighted by Gasteiger charge is -2.15. The Kier molecular flexibility index (Phi) is 2.76. The minimum Gasteiger partial charge on any atom is -0.122 e.